The summed E-state index contributed by atoms with van der Waals surface area (Å²) in [5.74, 6) is -0.189. The average Bonchev–Trinajstić information content (AvgIpc) is 2.55. The van der Waals surface area contributed by atoms with E-state index in [-0.39, 0.29) is 5.97 Å². The SMILES string of the molecule is CC(C)(C)C(=O)ON1CC(n2cc(I)cn2)C1. The number of halogens is 1. The average molecular weight is 349 g/mol. The highest BCUT2D eigenvalue weighted by Crippen LogP contribution is 2.24. The molecule has 1 fully saturated rings. The highest BCUT2D eigenvalue weighted by atomic mass is 127. The zero-order chi connectivity index (χ0) is 12.6. The smallest absolute Gasteiger partial charge is 0.330 e. The van der Waals surface area contributed by atoms with Crippen LogP contribution in [0.5, 0.6) is 0 Å². The van der Waals surface area contributed by atoms with Crippen molar-refractivity contribution in [2.75, 3.05) is 13.1 Å². The van der Waals surface area contributed by atoms with E-state index >= 15 is 0 Å². The Morgan fingerprint density at radius 2 is 2.18 bits per heavy atom. The summed E-state index contributed by atoms with van der Waals surface area (Å²) in [6.07, 6.45) is 3.82. The van der Waals surface area contributed by atoms with Crippen LogP contribution in [0.1, 0.15) is 26.8 Å². The standard InChI is InChI=1S/C11H16IN3O2/c1-11(2,3)10(16)17-14-6-9(7-14)15-5-8(12)4-13-15/h4-5,9H,6-7H2,1-3H3. The minimum atomic E-state index is -0.452. The van der Waals surface area contributed by atoms with E-state index in [1.54, 1.807) is 5.06 Å². The van der Waals surface area contributed by atoms with Crippen molar-refractivity contribution >= 4 is 28.6 Å². The molecule has 0 atom stereocenters. The molecule has 0 unspecified atom stereocenters. The summed E-state index contributed by atoms with van der Waals surface area (Å²) in [5, 5.41) is 5.93. The van der Waals surface area contributed by atoms with Crippen molar-refractivity contribution in [3.8, 4) is 0 Å². The molecule has 5 nitrogen and oxygen atoms in total. The van der Waals surface area contributed by atoms with Crippen LogP contribution in [-0.4, -0.2) is 33.9 Å². The summed E-state index contributed by atoms with van der Waals surface area (Å²) in [7, 11) is 0. The molecule has 0 N–H and O–H groups in total. The fraction of sp³-hybridized carbons (Fsp3) is 0.636. The fourth-order valence-electron chi connectivity index (χ4n) is 1.43. The second-order valence-corrected chi connectivity index (χ2v) is 6.51. The number of hydrogen-bond acceptors (Lipinski definition) is 4. The Bertz CT molecular complexity index is 419. The molecular formula is C11H16IN3O2. The van der Waals surface area contributed by atoms with Crippen LogP contribution in [0.3, 0.4) is 0 Å². The normalized spacial score (nSPS) is 17.9. The number of hydroxylamine groups is 2. The van der Waals surface area contributed by atoms with Crippen molar-refractivity contribution in [3.05, 3.63) is 16.0 Å². The fourth-order valence-corrected chi connectivity index (χ4v) is 1.84. The molecule has 94 valence electrons. The monoisotopic (exact) mass is 349 g/mol. The maximum absolute atomic E-state index is 11.6. The summed E-state index contributed by atoms with van der Waals surface area (Å²) in [6.45, 7) is 6.96. The van der Waals surface area contributed by atoms with Gasteiger partial charge in [0.05, 0.1) is 34.3 Å². The molecular weight excluding hydrogens is 333 g/mol. The van der Waals surface area contributed by atoms with Gasteiger partial charge in [-0.2, -0.15) is 5.10 Å². The van der Waals surface area contributed by atoms with Gasteiger partial charge in [0.1, 0.15) is 0 Å². The summed E-state index contributed by atoms with van der Waals surface area (Å²) in [6, 6.07) is 0.311. The van der Waals surface area contributed by atoms with Crippen molar-refractivity contribution in [1.29, 1.82) is 0 Å². The Morgan fingerprint density at radius 1 is 1.53 bits per heavy atom. The van der Waals surface area contributed by atoms with Crippen LogP contribution in [-0.2, 0) is 9.63 Å². The maximum atomic E-state index is 11.6. The van der Waals surface area contributed by atoms with Crippen LogP contribution in [0, 0.1) is 8.99 Å². The van der Waals surface area contributed by atoms with Crippen molar-refractivity contribution in [2.24, 2.45) is 5.41 Å². The molecule has 0 bridgehead atoms. The summed E-state index contributed by atoms with van der Waals surface area (Å²) >= 11 is 2.23. The van der Waals surface area contributed by atoms with Gasteiger partial charge in [0.25, 0.3) is 0 Å². The van der Waals surface area contributed by atoms with Crippen LogP contribution in [0.15, 0.2) is 12.4 Å². The number of carbonyl (C=O) groups excluding carboxylic acids is 1. The van der Waals surface area contributed by atoms with Gasteiger partial charge in [-0.15, -0.1) is 5.06 Å². The van der Waals surface area contributed by atoms with Gasteiger partial charge < -0.3 is 4.84 Å². The largest absolute Gasteiger partial charge is 0.367 e. The Labute approximate surface area is 114 Å². The molecule has 2 rings (SSSR count). The molecule has 1 aliphatic heterocycles. The van der Waals surface area contributed by atoms with Gasteiger partial charge in [0.15, 0.2) is 0 Å². The minimum Gasteiger partial charge on any atom is -0.367 e. The lowest BCUT2D eigenvalue weighted by molar-refractivity contribution is -0.226. The molecule has 1 aliphatic rings. The zero-order valence-corrected chi connectivity index (χ0v) is 12.3. The number of carbonyl (C=O) groups is 1. The van der Waals surface area contributed by atoms with Gasteiger partial charge in [0, 0.05) is 6.20 Å². The van der Waals surface area contributed by atoms with E-state index in [9.17, 15) is 4.79 Å². The maximum Gasteiger partial charge on any atom is 0.330 e. The third-order valence-corrected chi connectivity index (χ3v) is 3.15. The zero-order valence-electron chi connectivity index (χ0n) is 10.2. The van der Waals surface area contributed by atoms with Crippen molar-refractivity contribution in [2.45, 2.75) is 26.8 Å². The molecule has 0 spiro atoms. The van der Waals surface area contributed by atoms with E-state index in [0.29, 0.717) is 19.1 Å². The molecule has 0 amide bonds. The van der Waals surface area contributed by atoms with E-state index in [1.165, 1.54) is 0 Å². The van der Waals surface area contributed by atoms with Crippen LogP contribution in [0.25, 0.3) is 0 Å². The second-order valence-electron chi connectivity index (χ2n) is 5.27. The van der Waals surface area contributed by atoms with E-state index in [2.05, 4.69) is 27.7 Å². The highest BCUT2D eigenvalue weighted by molar-refractivity contribution is 14.1. The van der Waals surface area contributed by atoms with Gasteiger partial charge in [-0.1, -0.05) is 0 Å². The summed E-state index contributed by atoms with van der Waals surface area (Å²) < 4.78 is 3.04. The van der Waals surface area contributed by atoms with Crippen molar-refractivity contribution < 1.29 is 9.63 Å². The highest BCUT2D eigenvalue weighted by Gasteiger charge is 2.34. The second kappa shape index (κ2) is 4.56. The lowest BCUT2D eigenvalue weighted by atomic mass is 9.98. The van der Waals surface area contributed by atoms with E-state index in [4.69, 9.17) is 4.84 Å². The Balaban J connectivity index is 1.82. The first-order chi connectivity index (χ1) is 7.86. The molecule has 0 aromatic carbocycles. The molecule has 2 heterocycles. The predicted molar refractivity (Wildman–Crippen MR) is 71.1 cm³/mol. The molecule has 0 radical (unpaired) electrons. The van der Waals surface area contributed by atoms with Gasteiger partial charge >= 0.3 is 5.97 Å². The Morgan fingerprint density at radius 3 is 2.65 bits per heavy atom. The number of nitrogens with zero attached hydrogens (tertiary/aromatic N) is 3. The van der Waals surface area contributed by atoms with Crippen LogP contribution >= 0.6 is 22.6 Å². The van der Waals surface area contributed by atoms with Crippen LogP contribution in [0.4, 0.5) is 0 Å². The molecule has 17 heavy (non-hydrogen) atoms. The third kappa shape index (κ3) is 2.98. The van der Waals surface area contributed by atoms with Crippen molar-refractivity contribution in [3.63, 3.8) is 0 Å². The summed E-state index contributed by atoms with van der Waals surface area (Å²) in [5.41, 5.74) is -0.452. The first-order valence-electron chi connectivity index (χ1n) is 5.53. The summed E-state index contributed by atoms with van der Waals surface area (Å²) in [4.78, 5) is 16.9. The number of hydrogen-bond donors (Lipinski definition) is 0. The topological polar surface area (TPSA) is 47.4 Å². The Kier molecular flexibility index (Phi) is 3.44. The predicted octanol–water partition coefficient (Wildman–Crippen LogP) is 1.85. The van der Waals surface area contributed by atoms with E-state index in [1.807, 2.05) is 37.8 Å². The van der Waals surface area contributed by atoms with E-state index in [0.717, 1.165) is 3.57 Å². The van der Waals surface area contributed by atoms with Gasteiger partial charge in [-0.25, -0.2) is 4.79 Å². The lowest BCUT2D eigenvalue weighted by Crippen LogP contribution is -2.49. The molecule has 0 aliphatic carbocycles. The first-order valence-corrected chi connectivity index (χ1v) is 6.61. The van der Waals surface area contributed by atoms with Gasteiger partial charge in [-0.05, 0) is 43.4 Å². The van der Waals surface area contributed by atoms with Crippen molar-refractivity contribution in [1.82, 2.24) is 14.8 Å². The number of rotatable bonds is 2. The van der Waals surface area contributed by atoms with Gasteiger partial charge in [-0.3, -0.25) is 4.68 Å². The Hall–Kier alpha value is -0.630. The lowest BCUT2D eigenvalue weighted by Gasteiger charge is -2.38. The minimum absolute atomic E-state index is 0.189. The number of aromatic nitrogens is 2. The van der Waals surface area contributed by atoms with Crippen LogP contribution < -0.4 is 0 Å². The molecule has 6 heteroatoms. The molecule has 0 saturated carbocycles. The quantitative estimate of drug-likeness (QED) is 0.765. The van der Waals surface area contributed by atoms with Crippen LogP contribution in [0.2, 0.25) is 0 Å². The molecule has 1 aromatic rings. The van der Waals surface area contributed by atoms with Gasteiger partial charge in [0.2, 0.25) is 0 Å². The first kappa shape index (κ1) is 12.8. The molecule has 1 saturated heterocycles. The third-order valence-electron chi connectivity index (χ3n) is 2.60. The van der Waals surface area contributed by atoms with E-state index < -0.39 is 5.41 Å². The molecule has 1 aromatic heterocycles.